The Morgan fingerprint density at radius 2 is 1.41 bits per heavy atom. The highest BCUT2D eigenvalue weighted by Crippen LogP contribution is 2.23. The molecule has 3 aromatic rings. The lowest BCUT2D eigenvalue weighted by molar-refractivity contribution is 0.0961. The van der Waals surface area contributed by atoms with Crippen LogP contribution in [0.3, 0.4) is 0 Å². The maximum atomic E-state index is 12.3. The van der Waals surface area contributed by atoms with E-state index in [2.05, 4.69) is 10.6 Å². The number of anilines is 1. The first kappa shape index (κ1) is 18.1. The molecule has 0 atom stereocenters. The Morgan fingerprint density at radius 3 is 2.00 bits per heavy atom. The third kappa shape index (κ3) is 4.12. The van der Waals surface area contributed by atoms with Gasteiger partial charge in [-0.15, -0.1) is 0 Å². The molecule has 2 amide bonds. The number of hydrogen-bond donors (Lipinski definition) is 2. The summed E-state index contributed by atoms with van der Waals surface area (Å²) >= 11 is 0. The normalized spacial score (nSPS) is 10.3. The second kappa shape index (κ2) is 7.70. The van der Waals surface area contributed by atoms with E-state index in [9.17, 15) is 14.4 Å². The number of hydrogen-bond acceptors (Lipinski definition) is 4. The molecule has 0 aliphatic rings. The minimum atomic E-state index is -0.394. The van der Waals surface area contributed by atoms with E-state index in [1.54, 1.807) is 67.7 Å². The number of carbonyl (C=O) groups excluding carboxylic acids is 3. The van der Waals surface area contributed by atoms with Gasteiger partial charge in [-0.2, -0.15) is 0 Å². The van der Waals surface area contributed by atoms with Crippen LogP contribution < -0.4 is 10.6 Å². The number of Topliss-reactive ketones (excluding diaryl/α,β-unsaturated/α-hetero) is 1. The van der Waals surface area contributed by atoms with E-state index >= 15 is 0 Å². The summed E-state index contributed by atoms with van der Waals surface area (Å²) in [6.45, 7) is 1.51. The first-order chi connectivity index (χ1) is 13.0. The molecule has 6 nitrogen and oxygen atoms in total. The minimum Gasteiger partial charge on any atom is -0.451 e. The van der Waals surface area contributed by atoms with E-state index in [1.807, 2.05) is 0 Å². The van der Waals surface area contributed by atoms with E-state index < -0.39 is 5.91 Å². The summed E-state index contributed by atoms with van der Waals surface area (Å²) in [5, 5.41) is 5.26. The number of nitrogens with one attached hydrogen (secondary N) is 2. The lowest BCUT2D eigenvalue weighted by atomic mass is 10.1. The molecule has 0 unspecified atom stereocenters. The second-order valence-electron chi connectivity index (χ2n) is 5.91. The van der Waals surface area contributed by atoms with Gasteiger partial charge < -0.3 is 15.1 Å². The molecule has 2 aromatic carbocycles. The van der Waals surface area contributed by atoms with Gasteiger partial charge in [0.2, 0.25) is 0 Å². The van der Waals surface area contributed by atoms with E-state index in [0.717, 1.165) is 5.56 Å². The van der Waals surface area contributed by atoms with Gasteiger partial charge in [-0.05, 0) is 43.3 Å². The highest BCUT2D eigenvalue weighted by molar-refractivity contribution is 6.03. The zero-order chi connectivity index (χ0) is 19.4. The monoisotopic (exact) mass is 362 g/mol. The highest BCUT2D eigenvalue weighted by atomic mass is 16.3. The summed E-state index contributed by atoms with van der Waals surface area (Å²) in [6, 6.07) is 16.8. The summed E-state index contributed by atoms with van der Waals surface area (Å²) in [5.74, 6) is 0.0957. The predicted octanol–water partition coefficient (Wildman–Crippen LogP) is 3.76. The van der Waals surface area contributed by atoms with Gasteiger partial charge >= 0.3 is 0 Å². The van der Waals surface area contributed by atoms with Crippen molar-refractivity contribution in [2.45, 2.75) is 6.92 Å². The van der Waals surface area contributed by atoms with Gasteiger partial charge in [-0.3, -0.25) is 14.4 Å². The smallest absolute Gasteiger partial charge is 0.291 e. The number of rotatable bonds is 5. The van der Waals surface area contributed by atoms with Gasteiger partial charge in [0, 0.05) is 29.4 Å². The lowest BCUT2D eigenvalue weighted by Crippen LogP contribution is -2.17. The number of ketones is 1. The SMILES string of the molecule is CNC(=O)c1ccc(NC(=O)c2ccc(-c3ccc(C(C)=O)cc3)o2)cc1. The van der Waals surface area contributed by atoms with Crippen molar-refractivity contribution in [1.82, 2.24) is 5.32 Å². The van der Waals surface area contributed by atoms with E-state index in [1.165, 1.54) is 6.92 Å². The zero-order valence-corrected chi connectivity index (χ0v) is 14.9. The van der Waals surface area contributed by atoms with Crippen molar-refractivity contribution in [2.75, 3.05) is 12.4 Å². The van der Waals surface area contributed by atoms with E-state index in [-0.39, 0.29) is 17.5 Å². The Balaban J connectivity index is 1.71. The van der Waals surface area contributed by atoms with Gasteiger partial charge in [0.05, 0.1) is 0 Å². The topological polar surface area (TPSA) is 88.4 Å². The summed E-state index contributed by atoms with van der Waals surface area (Å²) in [4.78, 5) is 35.2. The predicted molar refractivity (Wildman–Crippen MR) is 102 cm³/mol. The molecule has 0 aliphatic carbocycles. The molecule has 0 bridgehead atoms. The van der Waals surface area contributed by atoms with Crippen LogP contribution in [0, 0.1) is 0 Å². The third-order valence-electron chi connectivity index (χ3n) is 4.04. The molecule has 0 saturated carbocycles. The lowest BCUT2D eigenvalue weighted by Gasteiger charge is -2.05. The van der Waals surface area contributed by atoms with Crippen LogP contribution in [0.25, 0.3) is 11.3 Å². The third-order valence-corrected chi connectivity index (χ3v) is 4.04. The van der Waals surface area contributed by atoms with Crippen molar-refractivity contribution in [3.8, 4) is 11.3 Å². The molecule has 0 radical (unpaired) electrons. The van der Waals surface area contributed by atoms with Crippen LogP contribution in [0.1, 0.15) is 38.2 Å². The molecule has 2 N–H and O–H groups in total. The molecular formula is C21H18N2O4. The van der Waals surface area contributed by atoms with Gasteiger partial charge in [0.25, 0.3) is 11.8 Å². The van der Waals surface area contributed by atoms with Crippen LogP contribution in [0.4, 0.5) is 5.69 Å². The summed E-state index contributed by atoms with van der Waals surface area (Å²) < 4.78 is 5.62. The van der Waals surface area contributed by atoms with Gasteiger partial charge in [0.1, 0.15) is 5.76 Å². The van der Waals surface area contributed by atoms with E-state index in [4.69, 9.17) is 4.42 Å². The van der Waals surface area contributed by atoms with Crippen molar-refractivity contribution in [2.24, 2.45) is 0 Å². The molecule has 0 saturated heterocycles. The standard InChI is InChI=1S/C21H18N2O4/c1-13(24)14-3-5-15(6-4-14)18-11-12-19(27-18)21(26)23-17-9-7-16(8-10-17)20(25)22-2/h3-12H,1-2H3,(H,22,25)(H,23,26). The average Bonchev–Trinajstić information content (AvgIpc) is 3.18. The molecule has 136 valence electrons. The molecule has 0 fully saturated rings. The number of furan rings is 1. The molecule has 0 aliphatic heterocycles. The van der Waals surface area contributed by atoms with Gasteiger partial charge in [-0.25, -0.2) is 0 Å². The first-order valence-corrected chi connectivity index (χ1v) is 8.32. The Labute approximate surface area is 156 Å². The summed E-state index contributed by atoms with van der Waals surface area (Å²) in [5.41, 5.74) is 2.44. The van der Waals surface area contributed by atoms with Crippen LogP contribution in [0.15, 0.2) is 65.1 Å². The Morgan fingerprint density at radius 1 is 0.778 bits per heavy atom. The Bertz CT molecular complexity index is 986. The average molecular weight is 362 g/mol. The summed E-state index contributed by atoms with van der Waals surface area (Å²) in [6.07, 6.45) is 0. The van der Waals surface area contributed by atoms with E-state index in [0.29, 0.717) is 22.6 Å². The number of benzene rings is 2. The largest absolute Gasteiger partial charge is 0.451 e. The maximum absolute atomic E-state index is 12.3. The number of carbonyl (C=O) groups is 3. The van der Waals surface area contributed by atoms with Crippen LogP contribution >= 0.6 is 0 Å². The second-order valence-corrected chi connectivity index (χ2v) is 5.91. The zero-order valence-electron chi connectivity index (χ0n) is 14.9. The van der Waals surface area contributed by atoms with Crippen LogP contribution in [-0.4, -0.2) is 24.6 Å². The number of amides is 2. The van der Waals surface area contributed by atoms with Crippen molar-refractivity contribution in [1.29, 1.82) is 0 Å². The fraction of sp³-hybridized carbons (Fsp3) is 0.0952. The first-order valence-electron chi connectivity index (χ1n) is 8.32. The maximum Gasteiger partial charge on any atom is 0.291 e. The Kier molecular flexibility index (Phi) is 5.17. The fourth-order valence-electron chi connectivity index (χ4n) is 2.53. The molecule has 6 heteroatoms. The van der Waals surface area contributed by atoms with Crippen molar-refractivity contribution < 1.29 is 18.8 Å². The van der Waals surface area contributed by atoms with Crippen LogP contribution in [-0.2, 0) is 0 Å². The van der Waals surface area contributed by atoms with Crippen LogP contribution in [0.5, 0.6) is 0 Å². The van der Waals surface area contributed by atoms with Crippen molar-refractivity contribution in [3.63, 3.8) is 0 Å². The van der Waals surface area contributed by atoms with Gasteiger partial charge in [0.15, 0.2) is 11.5 Å². The van der Waals surface area contributed by atoms with Gasteiger partial charge in [-0.1, -0.05) is 24.3 Å². The fourth-order valence-corrected chi connectivity index (χ4v) is 2.53. The molecule has 1 heterocycles. The van der Waals surface area contributed by atoms with Crippen molar-refractivity contribution >= 4 is 23.3 Å². The summed E-state index contributed by atoms with van der Waals surface area (Å²) in [7, 11) is 1.56. The molecular weight excluding hydrogens is 344 g/mol. The van der Waals surface area contributed by atoms with Crippen LogP contribution in [0.2, 0.25) is 0 Å². The molecule has 3 rings (SSSR count). The Hall–Kier alpha value is -3.67. The molecule has 1 aromatic heterocycles. The van der Waals surface area contributed by atoms with Crippen molar-refractivity contribution in [3.05, 3.63) is 77.6 Å². The molecule has 0 spiro atoms. The highest BCUT2D eigenvalue weighted by Gasteiger charge is 2.13. The molecule has 27 heavy (non-hydrogen) atoms. The minimum absolute atomic E-state index is 0.0106. The quantitative estimate of drug-likeness (QED) is 0.677.